The van der Waals surface area contributed by atoms with Gasteiger partial charge in [0.15, 0.2) is 0 Å². The Morgan fingerprint density at radius 1 is 1.21 bits per heavy atom. The van der Waals surface area contributed by atoms with Crippen molar-refractivity contribution in [1.82, 2.24) is 0 Å². The van der Waals surface area contributed by atoms with E-state index >= 15 is 0 Å². The topological polar surface area (TPSA) is 76.1 Å². The Balaban J connectivity index is 2.44. The van der Waals surface area contributed by atoms with E-state index in [2.05, 4.69) is 0 Å². The second-order valence-electron chi connectivity index (χ2n) is 3.78. The third-order valence-electron chi connectivity index (χ3n) is 2.64. The molecule has 0 heterocycles. The van der Waals surface area contributed by atoms with Crippen LogP contribution in [0, 0.1) is 11.3 Å². The molecule has 2 aromatic rings. The minimum Gasteiger partial charge on any atom is -0.497 e. The smallest absolute Gasteiger partial charge is 0.118 e. The Hall–Kier alpha value is -2.32. The van der Waals surface area contributed by atoms with Gasteiger partial charge in [0, 0.05) is 4.90 Å². The van der Waals surface area contributed by atoms with Crippen LogP contribution in [0.2, 0.25) is 0 Å². The minimum atomic E-state index is -1.44. The van der Waals surface area contributed by atoms with Gasteiger partial charge in [0.25, 0.3) is 0 Å². The quantitative estimate of drug-likeness (QED) is 0.870. The Labute approximate surface area is 113 Å². The van der Waals surface area contributed by atoms with Gasteiger partial charge < -0.3 is 10.5 Å². The normalized spacial score (nSPS) is 11.6. The first-order chi connectivity index (χ1) is 9.17. The first-order valence-corrected chi connectivity index (χ1v) is 6.66. The van der Waals surface area contributed by atoms with Crippen molar-refractivity contribution in [2.24, 2.45) is 0 Å². The van der Waals surface area contributed by atoms with E-state index < -0.39 is 10.8 Å². The zero-order chi connectivity index (χ0) is 13.8. The summed E-state index contributed by atoms with van der Waals surface area (Å²) in [6.07, 6.45) is 0. The zero-order valence-corrected chi connectivity index (χ0v) is 11.1. The summed E-state index contributed by atoms with van der Waals surface area (Å²) in [5.41, 5.74) is 6.31. The second-order valence-corrected chi connectivity index (χ2v) is 5.23. The van der Waals surface area contributed by atoms with Crippen molar-refractivity contribution in [2.75, 3.05) is 12.8 Å². The van der Waals surface area contributed by atoms with Gasteiger partial charge in [-0.05, 0) is 36.4 Å². The van der Waals surface area contributed by atoms with E-state index in [4.69, 9.17) is 15.7 Å². The molecular weight excluding hydrogens is 260 g/mol. The summed E-state index contributed by atoms with van der Waals surface area (Å²) in [5, 5.41) is 9.09. The van der Waals surface area contributed by atoms with Gasteiger partial charge in [-0.25, -0.2) is 4.21 Å². The van der Waals surface area contributed by atoms with Crippen LogP contribution in [0.4, 0.5) is 5.69 Å². The molecule has 0 radical (unpaired) electrons. The molecule has 4 nitrogen and oxygen atoms in total. The predicted molar refractivity (Wildman–Crippen MR) is 73.2 cm³/mol. The number of nitrogen functional groups attached to an aromatic ring is 1. The lowest BCUT2D eigenvalue weighted by atomic mass is 10.2. The molecule has 0 aliphatic rings. The number of anilines is 1. The van der Waals surface area contributed by atoms with E-state index in [1.807, 2.05) is 6.07 Å². The molecule has 5 heteroatoms. The van der Waals surface area contributed by atoms with Crippen molar-refractivity contribution >= 4 is 16.5 Å². The molecule has 0 saturated heterocycles. The number of hydrogen-bond acceptors (Lipinski definition) is 4. The van der Waals surface area contributed by atoms with Crippen molar-refractivity contribution in [3.8, 4) is 11.8 Å². The molecule has 0 unspecified atom stereocenters. The third kappa shape index (κ3) is 2.59. The molecule has 0 aliphatic heterocycles. The van der Waals surface area contributed by atoms with Gasteiger partial charge in [-0.3, -0.25) is 0 Å². The number of nitrogens with two attached hydrogens (primary N) is 1. The Kier molecular flexibility index (Phi) is 3.83. The van der Waals surface area contributed by atoms with Crippen LogP contribution in [0.1, 0.15) is 5.56 Å². The van der Waals surface area contributed by atoms with Gasteiger partial charge in [-0.1, -0.05) is 6.07 Å². The highest BCUT2D eigenvalue weighted by Gasteiger charge is 2.14. The molecule has 0 fully saturated rings. The standard InChI is InChI=1S/C14H12N2O2S/c1-18-10-5-7-11(8-6-10)19(17)14-4-2-3-13(16)12(14)9-15/h2-8H,16H2,1H3/t19-/m0/s1. The molecule has 0 amide bonds. The first kappa shape index (κ1) is 13.1. The van der Waals surface area contributed by atoms with E-state index in [9.17, 15) is 4.21 Å². The predicted octanol–water partition coefficient (Wildman–Crippen LogP) is 2.32. The SMILES string of the molecule is COc1ccc([S@](=O)c2cccc(N)c2C#N)cc1. The van der Waals surface area contributed by atoms with Gasteiger partial charge >= 0.3 is 0 Å². The molecule has 2 N–H and O–H groups in total. The van der Waals surface area contributed by atoms with E-state index in [1.165, 1.54) is 0 Å². The summed E-state index contributed by atoms with van der Waals surface area (Å²) in [4.78, 5) is 1.02. The Bertz CT molecular complexity index is 660. The summed E-state index contributed by atoms with van der Waals surface area (Å²) < 4.78 is 17.5. The number of nitriles is 1. The summed E-state index contributed by atoms with van der Waals surface area (Å²) in [6, 6.07) is 13.8. The number of nitrogens with zero attached hydrogens (tertiary/aromatic N) is 1. The van der Waals surface area contributed by atoms with Crippen LogP contribution in [0.3, 0.4) is 0 Å². The van der Waals surface area contributed by atoms with Crippen LogP contribution in [0.25, 0.3) is 0 Å². The number of hydrogen-bond donors (Lipinski definition) is 1. The lowest BCUT2D eigenvalue weighted by Gasteiger charge is -2.07. The molecule has 1 atom stereocenters. The number of ether oxygens (including phenoxy) is 1. The lowest BCUT2D eigenvalue weighted by Crippen LogP contribution is -2.00. The number of benzene rings is 2. The van der Waals surface area contributed by atoms with Crippen LogP contribution in [-0.4, -0.2) is 11.3 Å². The number of rotatable bonds is 3. The van der Waals surface area contributed by atoms with Gasteiger partial charge in [-0.15, -0.1) is 0 Å². The largest absolute Gasteiger partial charge is 0.497 e. The fourth-order valence-electron chi connectivity index (χ4n) is 1.65. The van der Waals surface area contributed by atoms with E-state index in [1.54, 1.807) is 49.6 Å². The molecule has 0 bridgehead atoms. The molecule has 2 rings (SSSR count). The van der Waals surface area contributed by atoms with Crippen LogP contribution in [0.15, 0.2) is 52.3 Å². The fourth-order valence-corrected chi connectivity index (χ4v) is 2.84. The zero-order valence-electron chi connectivity index (χ0n) is 10.3. The van der Waals surface area contributed by atoms with Gasteiger partial charge in [0.05, 0.1) is 34.1 Å². The van der Waals surface area contributed by atoms with E-state index in [0.29, 0.717) is 21.2 Å². The minimum absolute atomic E-state index is 0.261. The van der Waals surface area contributed by atoms with Crippen LogP contribution in [-0.2, 0) is 10.8 Å². The van der Waals surface area contributed by atoms with Crippen molar-refractivity contribution in [1.29, 1.82) is 5.26 Å². The highest BCUT2D eigenvalue weighted by molar-refractivity contribution is 7.85. The lowest BCUT2D eigenvalue weighted by molar-refractivity contribution is 0.414. The van der Waals surface area contributed by atoms with E-state index in [-0.39, 0.29) is 5.56 Å². The third-order valence-corrected chi connectivity index (χ3v) is 4.08. The second kappa shape index (κ2) is 5.55. The maximum Gasteiger partial charge on any atom is 0.118 e. The summed E-state index contributed by atoms with van der Waals surface area (Å²) >= 11 is 0. The Morgan fingerprint density at radius 3 is 2.47 bits per heavy atom. The highest BCUT2D eigenvalue weighted by atomic mass is 32.2. The van der Waals surface area contributed by atoms with Crippen LogP contribution < -0.4 is 10.5 Å². The molecule has 0 saturated carbocycles. The number of methoxy groups -OCH3 is 1. The molecule has 0 aromatic heterocycles. The van der Waals surface area contributed by atoms with Gasteiger partial charge in [0.1, 0.15) is 11.8 Å². The Morgan fingerprint density at radius 2 is 1.89 bits per heavy atom. The van der Waals surface area contributed by atoms with Crippen molar-refractivity contribution in [2.45, 2.75) is 9.79 Å². The average Bonchev–Trinajstić information content (AvgIpc) is 2.46. The maximum atomic E-state index is 12.4. The summed E-state index contributed by atoms with van der Waals surface area (Å²) in [5.74, 6) is 0.689. The van der Waals surface area contributed by atoms with Gasteiger partial charge in [0.2, 0.25) is 0 Å². The van der Waals surface area contributed by atoms with Gasteiger partial charge in [-0.2, -0.15) is 5.26 Å². The van der Waals surface area contributed by atoms with Crippen molar-refractivity contribution < 1.29 is 8.95 Å². The average molecular weight is 272 g/mol. The maximum absolute atomic E-state index is 12.4. The highest BCUT2D eigenvalue weighted by Crippen LogP contribution is 2.25. The first-order valence-electron chi connectivity index (χ1n) is 5.51. The summed E-state index contributed by atoms with van der Waals surface area (Å²) in [6.45, 7) is 0. The molecule has 96 valence electrons. The molecule has 0 spiro atoms. The fraction of sp³-hybridized carbons (Fsp3) is 0.0714. The molecule has 19 heavy (non-hydrogen) atoms. The van der Waals surface area contributed by atoms with Crippen LogP contribution in [0.5, 0.6) is 5.75 Å². The molecule has 0 aliphatic carbocycles. The van der Waals surface area contributed by atoms with Crippen molar-refractivity contribution in [3.63, 3.8) is 0 Å². The van der Waals surface area contributed by atoms with Crippen molar-refractivity contribution in [3.05, 3.63) is 48.0 Å². The summed E-state index contributed by atoms with van der Waals surface area (Å²) in [7, 11) is 0.130. The van der Waals surface area contributed by atoms with E-state index in [0.717, 1.165) is 0 Å². The van der Waals surface area contributed by atoms with Crippen LogP contribution >= 0.6 is 0 Å². The molecule has 2 aromatic carbocycles. The monoisotopic (exact) mass is 272 g/mol. The molecular formula is C14H12N2O2S.